The molecule has 2 aromatic heterocycles. The van der Waals surface area contributed by atoms with Crippen molar-refractivity contribution < 1.29 is 14.3 Å². The van der Waals surface area contributed by atoms with Crippen molar-refractivity contribution in [3.63, 3.8) is 0 Å². The third-order valence-electron chi connectivity index (χ3n) is 5.29. The zero-order chi connectivity index (χ0) is 19.0. The van der Waals surface area contributed by atoms with Gasteiger partial charge in [0.2, 0.25) is 5.88 Å². The fourth-order valence-corrected chi connectivity index (χ4v) is 3.88. The molecule has 2 N–H and O–H groups in total. The van der Waals surface area contributed by atoms with Gasteiger partial charge >= 0.3 is 0 Å². The minimum absolute atomic E-state index is 0.0301. The lowest BCUT2D eigenvalue weighted by atomic mass is 10.1. The highest BCUT2D eigenvalue weighted by molar-refractivity contribution is 5.98. The molecule has 0 spiro atoms. The zero-order valence-electron chi connectivity index (χ0n) is 15.5. The van der Waals surface area contributed by atoms with Gasteiger partial charge in [-0.05, 0) is 31.9 Å². The number of H-pyrrole nitrogens is 1. The first-order valence-electron chi connectivity index (χ1n) is 9.24. The minimum atomic E-state index is -0.291. The van der Waals surface area contributed by atoms with Crippen LogP contribution in [0.1, 0.15) is 63.5 Å². The molecule has 0 radical (unpaired) electrons. The van der Waals surface area contributed by atoms with Gasteiger partial charge in [-0.2, -0.15) is 5.10 Å². The molecule has 1 fully saturated rings. The maximum atomic E-state index is 12.8. The summed E-state index contributed by atoms with van der Waals surface area (Å²) in [5.74, 6) is 0.177. The molecular weight excluding hydrogens is 346 g/mol. The summed E-state index contributed by atoms with van der Waals surface area (Å²) >= 11 is 0. The van der Waals surface area contributed by atoms with E-state index < -0.39 is 0 Å². The fourth-order valence-electron chi connectivity index (χ4n) is 3.88. The highest BCUT2D eigenvalue weighted by atomic mass is 16.5. The second-order valence-electron chi connectivity index (χ2n) is 7.14. The number of methoxy groups -OCH3 is 1. The summed E-state index contributed by atoms with van der Waals surface area (Å²) < 4.78 is 5.39. The van der Waals surface area contributed by atoms with Gasteiger partial charge in [-0.15, -0.1) is 0 Å². The molecule has 1 aliphatic heterocycles. The maximum Gasteiger partial charge on any atom is 0.272 e. The topological polar surface area (TPSA) is 100 Å². The number of hydrogen-bond acceptors (Lipinski definition) is 5. The molecule has 4 rings (SSSR count). The van der Waals surface area contributed by atoms with E-state index in [-0.39, 0.29) is 18.4 Å². The Morgan fingerprint density at radius 3 is 2.81 bits per heavy atom. The van der Waals surface area contributed by atoms with E-state index in [1.807, 2.05) is 11.8 Å². The normalized spacial score (nSPS) is 16.7. The molecule has 1 saturated carbocycles. The molecule has 0 saturated heterocycles. The van der Waals surface area contributed by atoms with Crippen LogP contribution in [-0.4, -0.2) is 45.0 Å². The number of aromatic amines is 1. The van der Waals surface area contributed by atoms with Crippen LogP contribution in [-0.2, 0) is 13.1 Å². The molecule has 8 nitrogen and oxygen atoms in total. The minimum Gasteiger partial charge on any atom is -0.481 e. The Hall–Kier alpha value is -2.90. The highest BCUT2D eigenvalue weighted by Gasteiger charge is 2.35. The van der Waals surface area contributed by atoms with Crippen molar-refractivity contribution in [1.82, 2.24) is 25.4 Å². The number of fused-ring (bicyclic) bond motifs is 1. The molecule has 0 atom stereocenters. The maximum absolute atomic E-state index is 12.8. The average molecular weight is 369 g/mol. The number of rotatable bonds is 5. The van der Waals surface area contributed by atoms with Crippen molar-refractivity contribution in [2.75, 3.05) is 7.11 Å². The summed E-state index contributed by atoms with van der Waals surface area (Å²) in [7, 11) is 1.54. The molecule has 2 aromatic rings. The number of nitrogens with one attached hydrogen (secondary N) is 2. The van der Waals surface area contributed by atoms with E-state index in [9.17, 15) is 9.59 Å². The first kappa shape index (κ1) is 17.5. The van der Waals surface area contributed by atoms with Crippen LogP contribution in [0.5, 0.6) is 5.88 Å². The number of carbonyl (C=O) groups excluding carboxylic acids is 2. The summed E-state index contributed by atoms with van der Waals surface area (Å²) in [5, 5.41) is 9.50. The average Bonchev–Trinajstić information content (AvgIpc) is 3.40. The van der Waals surface area contributed by atoms with Crippen LogP contribution in [0.3, 0.4) is 0 Å². The van der Waals surface area contributed by atoms with Gasteiger partial charge in [-0.1, -0.05) is 12.8 Å². The monoisotopic (exact) mass is 369 g/mol. The quantitative estimate of drug-likeness (QED) is 0.839. The Kier molecular flexibility index (Phi) is 4.55. The predicted octanol–water partition coefficient (Wildman–Crippen LogP) is 1.95. The number of carbonyl (C=O) groups is 2. The van der Waals surface area contributed by atoms with Gasteiger partial charge in [-0.3, -0.25) is 14.7 Å². The molecule has 3 heterocycles. The molecule has 27 heavy (non-hydrogen) atoms. The molecule has 142 valence electrons. The standard InChI is InChI=1S/C19H23N5O3/c1-11-7-15(23-22-11)17(25)20-9-12-8-14-16(21-18(12)27-2)10-24(19(14)26)13-5-3-4-6-13/h7-8,13H,3-6,9-10H2,1-2H3,(H,20,25)(H,22,23). The number of hydrogen-bond donors (Lipinski definition) is 2. The molecule has 2 aliphatic rings. The van der Waals surface area contributed by atoms with Gasteiger partial charge in [-0.25, -0.2) is 4.98 Å². The molecule has 2 amide bonds. The first-order chi connectivity index (χ1) is 13.1. The van der Waals surface area contributed by atoms with Crippen LogP contribution >= 0.6 is 0 Å². The van der Waals surface area contributed by atoms with Crippen LogP contribution in [0.25, 0.3) is 0 Å². The molecule has 0 aromatic carbocycles. The Morgan fingerprint density at radius 2 is 2.15 bits per heavy atom. The van der Waals surface area contributed by atoms with E-state index in [0.29, 0.717) is 35.3 Å². The van der Waals surface area contributed by atoms with E-state index in [0.717, 1.165) is 24.2 Å². The summed E-state index contributed by atoms with van der Waals surface area (Å²) in [4.78, 5) is 31.5. The fraction of sp³-hybridized carbons (Fsp3) is 0.474. The molecular formula is C19H23N5O3. The Bertz CT molecular complexity index is 885. The Balaban J connectivity index is 1.52. The van der Waals surface area contributed by atoms with Crippen molar-refractivity contribution in [2.45, 2.75) is 51.7 Å². The number of ether oxygens (including phenoxy) is 1. The smallest absolute Gasteiger partial charge is 0.272 e. The number of aryl methyl sites for hydroxylation is 1. The molecule has 0 bridgehead atoms. The summed E-state index contributed by atoms with van der Waals surface area (Å²) in [6.07, 6.45) is 4.46. The number of nitrogens with zero attached hydrogens (tertiary/aromatic N) is 3. The largest absolute Gasteiger partial charge is 0.481 e. The lowest BCUT2D eigenvalue weighted by Crippen LogP contribution is -2.33. The summed E-state index contributed by atoms with van der Waals surface area (Å²) in [6, 6.07) is 3.79. The van der Waals surface area contributed by atoms with Crippen molar-refractivity contribution >= 4 is 11.8 Å². The van der Waals surface area contributed by atoms with Crippen molar-refractivity contribution in [3.05, 3.63) is 40.3 Å². The summed E-state index contributed by atoms with van der Waals surface area (Å²) in [6.45, 7) is 2.58. The van der Waals surface area contributed by atoms with Crippen LogP contribution < -0.4 is 10.1 Å². The van der Waals surface area contributed by atoms with Crippen LogP contribution in [0.2, 0.25) is 0 Å². The van der Waals surface area contributed by atoms with Gasteiger partial charge in [0.15, 0.2) is 0 Å². The lowest BCUT2D eigenvalue weighted by Gasteiger charge is -2.22. The second-order valence-corrected chi connectivity index (χ2v) is 7.14. The Labute approximate surface area is 157 Å². The van der Waals surface area contributed by atoms with Gasteiger partial charge in [0.05, 0.1) is 24.9 Å². The number of amides is 2. The SMILES string of the molecule is COc1nc2c(cc1CNC(=O)c1cc(C)[nH]n1)C(=O)N(C1CCCC1)C2. The highest BCUT2D eigenvalue weighted by Crippen LogP contribution is 2.33. The van der Waals surface area contributed by atoms with E-state index in [1.54, 1.807) is 19.2 Å². The van der Waals surface area contributed by atoms with E-state index in [4.69, 9.17) is 4.74 Å². The van der Waals surface area contributed by atoms with Gasteiger partial charge in [0.1, 0.15) is 5.69 Å². The summed E-state index contributed by atoms with van der Waals surface area (Å²) in [5.41, 5.74) is 3.18. The second kappa shape index (κ2) is 7.02. The first-order valence-corrected chi connectivity index (χ1v) is 9.24. The molecule has 8 heteroatoms. The van der Waals surface area contributed by atoms with Crippen molar-refractivity contribution in [2.24, 2.45) is 0 Å². The molecule has 1 aliphatic carbocycles. The van der Waals surface area contributed by atoms with Gasteiger partial charge in [0.25, 0.3) is 11.8 Å². The molecule has 0 unspecified atom stereocenters. The zero-order valence-corrected chi connectivity index (χ0v) is 15.5. The number of aromatic nitrogens is 3. The van der Waals surface area contributed by atoms with Crippen molar-refractivity contribution in [1.29, 1.82) is 0 Å². The number of pyridine rings is 1. The van der Waals surface area contributed by atoms with Crippen molar-refractivity contribution in [3.8, 4) is 5.88 Å². The predicted molar refractivity (Wildman–Crippen MR) is 97.4 cm³/mol. The third-order valence-corrected chi connectivity index (χ3v) is 5.29. The van der Waals surface area contributed by atoms with Crippen LogP contribution in [0.15, 0.2) is 12.1 Å². The third kappa shape index (κ3) is 3.27. The van der Waals surface area contributed by atoms with E-state index in [2.05, 4.69) is 20.5 Å². The lowest BCUT2D eigenvalue weighted by molar-refractivity contribution is 0.0706. The van der Waals surface area contributed by atoms with Crippen LogP contribution in [0, 0.1) is 6.92 Å². The van der Waals surface area contributed by atoms with Gasteiger partial charge in [0, 0.05) is 23.8 Å². The van der Waals surface area contributed by atoms with Gasteiger partial charge < -0.3 is 15.0 Å². The van der Waals surface area contributed by atoms with E-state index in [1.165, 1.54) is 12.8 Å². The van der Waals surface area contributed by atoms with E-state index >= 15 is 0 Å². The Morgan fingerprint density at radius 1 is 1.37 bits per heavy atom. The van der Waals surface area contributed by atoms with Crippen LogP contribution in [0.4, 0.5) is 0 Å².